The summed E-state index contributed by atoms with van der Waals surface area (Å²) in [5.41, 5.74) is -1.02. The molecule has 1 unspecified atom stereocenters. The fourth-order valence-corrected chi connectivity index (χ4v) is 5.46. The lowest BCUT2D eigenvalue weighted by Crippen LogP contribution is -2.47. The molecule has 0 aliphatic rings. The molecule has 0 bridgehead atoms. The van der Waals surface area contributed by atoms with Crippen LogP contribution in [0.4, 0.5) is 0 Å². The van der Waals surface area contributed by atoms with Gasteiger partial charge < -0.3 is 14.8 Å². The maximum atomic E-state index is 13.4. The second kappa shape index (κ2) is 11.2. The third-order valence-electron chi connectivity index (χ3n) is 5.80. The van der Waals surface area contributed by atoms with Gasteiger partial charge in [-0.2, -0.15) is 4.31 Å². The van der Waals surface area contributed by atoms with Gasteiger partial charge in [-0.3, -0.25) is 14.2 Å². The highest BCUT2D eigenvalue weighted by molar-refractivity contribution is 7.89. The molecule has 1 atom stereocenters. The first-order valence-corrected chi connectivity index (χ1v) is 12.9. The lowest BCUT2D eigenvalue weighted by molar-refractivity contribution is -0.141. The van der Waals surface area contributed by atoms with Crippen LogP contribution in [0.5, 0.6) is 11.5 Å². The molecular formula is C27H23N3O7S. The smallest absolute Gasteiger partial charge is 0.328 e. The molecule has 2 N–H and O–H groups in total. The van der Waals surface area contributed by atoms with E-state index in [1.807, 2.05) is 6.07 Å². The third-order valence-corrected chi connectivity index (χ3v) is 7.67. The van der Waals surface area contributed by atoms with Gasteiger partial charge in [0.2, 0.25) is 10.0 Å². The van der Waals surface area contributed by atoms with Gasteiger partial charge >= 0.3 is 11.7 Å². The highest BCUT2D eigenvalue weighted by Crippen LogP contribution is 2.25. The van der Waals surface area contributed by atoms with Crippen LogP contribution < -0.4 is 16.0 Å². The van der Waals surface area contributed by atoms with Gasteiger partial charge in [0, 0.05) is 6.54 Å². The largest absolute Gasteiger partial charge is 0.480 e. The second-order valence-electron chi connectivity index (χ2n) is 8.22. The number of aromatic amines is 1. The summed E-state index contributed by atoms with van der Waals surface area (Å²) in [5, 5.41) is 10.1. The zero-order valence-corrected chi connectivity index (χ0v) is 20.8. The number of aliphatic carboxylic acids is 1. The summed E-state index contributed by atoms with van der Waals surface area (Å²) in [7, 11) is -4.38. The molecule has 10 nitrogen and oxygen atoms in total. The normalized spacial score (nSPS) is 12.2. The van der Waals surface area contributed by atoms with Crippen LogP contribution in [0.15, 0.2) is 93.3 Å². The van der Waals surface area contributed by atoms with E-state index in [4.69, 9.17) is 11.2 Å². The lowest BCUT2D eigenvalue weighted by atomic mass is 10.2. The quantitative estimate of drug-likeness (QED) is 0.299. The average Bonchev–Trinajstić information content (AvgIpc) is 2.90. The molecular weight excluding hydrogens is 510 g/mol. The molecule has 194 valence electrons. The molecule has 1 heterocycles. The molecule has 0 aliphatic carbocycles. The first kappa shape index (κ1) is 26.4. The van der Waals surface area contributed by atoms with Gasteiger partial charge in [0.15, 0.2) is 0 Å². The molecule has 0 saturated heterocycles. The molecule has 0 aliphatic heterocycles. The molecule has 3 aromatic carbocycles. The molecule has 0 saturated carbocycles. The number of benzene rings is 3. The van der Waals surface area contributed by atoms with Crippen LogP contribution in [0.25, 0.3) is 10.9 Å². The summed E-state index contributed by atoms with van der Waals surface area (Å²) < 4.78 is 34.1. The van der Waals surface area contributed by atoms with E-state index in [0.29, 0.717) is 21.3 Å². The van der Waals surface area contributed by atoms with Crippen LogP contribution in [0, 0.1) is 12.3 Å². The Morgan fingerprint density at radius 2 is 1.63 bits per heavy atom. The molecule has 1 aromatic heterocycles. The van der Waals surface area contributed by atoms with Crippen molar-refractivity contribution in [3.8, 4) is 23.8 Å². The Hall–Kier alpha value is -4.66. The topological polar surface area (TPSA) is 139 Å². The van der Waals surface area contributed by atoms with Crippen molar-refractivity contribution in [3.05, 3.63) is 99.7 Å². The number of carboxylic acids is 1. The molecule has 4 aromatic rings. The number of carboxylic acid groups (broad SMARTS) is 1. The number of H-pyrrole nitrogens is 1. The summed E-state index contributed by atoms with van der Waals surface area (Å²) in [5.74, 6) is 1.65. The molecule has 0 fully saturated rings. The van der Waals surface area contributed by atoms with Crippen molar-refractivity contribution in [1.82, 2.24) is 13.9 Å². The van der Waals surface area contributed by atoms with E-state index < -0.39 is 39.8 Å². The summed E-state index contributed by atoms with van der Waals surface area (Å²) in [6.45, 7) is -0.888. The molecule has 0 spiro atoms. The minimum Gasteiger partial charge on any atom is -0.480 e. The van der Waals surface area contributed by atoms with Gasteiger partial charge in [0.1, 0.15) is 17.5 Å². The van der Waals surface area contributed by atoms with Crippen molar-refractivity contribution in [2.24, 2.45) is 0 Å². The van der Waals surface area contributed by atoms with Gasteiger partial charge in [-0.05, 0) is 55.0 Å². The fraction of sp³-hybridized carbons (Fsp3) is 0.148. The Kier molecular flexibility index (Phi) is 7.76. The van der Waals surface area contributed by atoms with Crippen LogP contribution >= 0.6 is 0 Å². The summed E-state index contributed by atoms with van der Waals surface area (Å²) in [6, 6.07) is 19.1. The maximum absolute atomic E-state index is 13.4. The number of fused-ring (bicyclic) bond motifs is 1. The van der Waals surface area contributed by atoms with Gasteiger partial charge in [0.05, 0.1) is 22.3 Å². The van der Waals surface area contributed by atoms with Crippen LogP contribution in [0.2, 0.25) is 0 Å². The molecule has 4 rings (SSSR count). The summed E-state index contributed by atoms with van der Waals surface area (Å²) in [6.07, 6.45) is 5.01. The number of para-hydroxylation sites is 2. The number of rotatable bonds is 10. The number of terminal acetylenes is 1. The van der Waals surface area contributed by atoms with Crippen molar-refractivity contribution >= 4 is 26.9 Å². The van der Waals surface area contributed by atoms with E-state index in [-0.39, 0.29) is 23.2 Å². The number of ether oxygens (including phenoxy) is 1. The first-order valence-electron chi connectivity index (χ1n) is 11.5. The van der Waals surface area contributed by atoms with Gasteiger partial charge in [-0.1, -0.05) is 36.3 Å². The predicted octanol–water partition coefficient (Wildman–Crippen LogP) is 2.65. The first-order chi connectivity index (χ1) is 18.2. The number of hydrogen-bond acceptors (Lipinski definition) is 6. The van der Waals surface area contributed by atoms with E-state index in [9.17, 15) is 27.9 Å². The molecule has 0 radical (unpaired) electrons. The van der Waals surface area contributed by atoms with Gasteiger partial charge in [-0.25, -0.2) is 13.2 Å². The minimum atomic E-state index is -4.38. The highest BCUT2D eigenvalue weighted by Gasteiger charge is 2.35. The molecule has 11 heteroatoms. The van der Waals surface area contributed by atoms with E-state index in [1.54, 1.807) is 42.5 Å². The Bertz CT molecular complexity index is 1720. The van der Waals surface area contributed by atoms with Gasteiger partial charge in [0.25, 0.3) is 5.56 Å². The predicted molar refractivity (Wildman–Crippen MR) is 141 cm³/mol. The number of hydrogen-bond donors (Lipinski definition) is 2. The van der Waals surface area contributed by atoms with Crippen LogP contribution in [-0.2, 0) is 21.4 Å². The Morgan fingerprint density at radius 3 is 2.29 bits per heavy atom. The lowest BCUT2D eigenvalue weighted by Gasteiger charge is -2.26. The standard InChI is InChI=1S/C27H23N3O7S/c1-2-17-30(38(35,36)21-14-12-20(13-15-21)37-19-8-4-3-5-9-19)24(26(32)33)16-18-29-25(31)22-10-6-7-11-23(22)28-27(29)34/h1,3-15,24H,16-18H2,(H,28,34)(H,32,33). The van der Waals surface area contributed by atoms with Crippen LogP contribution in [0.3, 0.4) is 0 Å². The Balaban J connectivity index is 1.61. The SMILES string of the molecule is C#CCN(C(CCn1c(=O)[nH]c2ccccc2c1=O)C(=O)O)S(=O)(=O)c1ccc(Oc2ccccc2)cc1. The van der Waals surface area contributed by atoms with E-state index in [2.05, 4.69) is 10.9 Å². The second-order valence-corrected chi connectivity index (χ2v) is 10.1. The molecule has 38 heavy (non-hydrogen) atoms. The number of nitrogens with one attached hydrogen (secondary N) is 1. The van der Waals surface area contributed by atoms with Crippen molar-refractivity contribution in [2.45, 2.75) is 23.9 Å². The van der Waals surface area contributed by atoms with E-state index in [0.717, 1.165) is 4.57 Å². The number of nitrogens with zero attached hydrogens (tertiary/aromatic N) is 2. The summed E-state index contributed by atoms with van der Waals surface area (Å²) >= 11 is 0. The van der Waals surface area contributed by atoms with Crippen LogP contribution in [-0.4, -0.2) is 45.9 Å². The Labute approximate surface area is 217 Å². The number of carbonyl (C=O) groups is 1. The van der Waals surface area contributed by atoms with Crippen molar-refractivity contribution in [1.29, 1.82) is 0 Å². The number of aromatic nitrogens is 2. The average molecular weight is 534 g/mol. The van der Waals surface area contributed by atoms with Gasteiger partial charge in [-0.15, -0.1) is 6.42 Å². The molecule has 0 amide bonds. The van der Waals surface area contributed by atoms with Crippen molar-refractivity contribution in [2.75, 3.05) is 6.54 Å². The minimum absolute atomic E-state index is 0.194. The van der Waals surface area contributed by atoms with Crippen LogP contribution in [0.1, 0.15) is 6.42 Å². The van der Waals surface area contributed by atoms with Crippen molar-refractivity contribution in [3.63, 3.8) is 0 Å². The number of sulfonamides is 1. The fourth-order valence-electron chi connectivity index (χ4n) is 3.94. The van der Waals surface area contributed by atoms with Crippen molar-refractivity contribution < 1.29 is 23.1 Å². The highest BCUT2D eigenvalue weighted by atomic mass is 32.2. The summed E-state index contributed by atoms with van der Waals surface area (Å²) in [4.78, 5) is 39.9. The maximum Gasteiger partial charge on any atom is 0.328 e. The third kappa shape index (κ3) is 5.51. The zero-order chi connectivity index (χ0) is 27.3. The van der Waals surface area contributed by atoms with E-state index >= 15 is 0 Å². The Morgan fingerprint density at radius 1 is 1.00 bits per heavy atom. The zero-order valence-electron chi connectivity index (χ0n) is 20.0. The monoisotopic (exact) mass is 533 g/mol. The van der Waals surface area contributed by atoms with E-state index in [1.165, 1.54) is 30.3 Å².